The van der Waals surface area contributed by atoms with Crippen LogP contribution in [0.2, 0.25) is 0 Å². The first-order valence-corrected chi connectivity index (χ1v) is 10.4. The summed E-state index contributed by atoms with van der Waals surface area (Å²) in [7, 11) is 0. The van der Waals surface area contributed by atoms with Crippen molar-refractivity contribution in [2.45, 2.75) is 38.5 Å². The van der Waals surface area contributed by atoms with Crippen LogP contribution in [-0.2, 0) is 24.2 Å². The van der Waals surface area contributed by atoms with Crippen LogP contribution in [0.4, 0.5) is 0 Å². The summed E-state index contributed by atoms with van der Waals surface area (Å²) in [6.07, 6.45) is 6.39. The molecular weight excluding hydrogens is 378 g/mol. The van der Waals surface area contributed by atoms with Crippen LogP contribution in [0.1, 0.15) is 18.4 Å². The van der Waals surface area contributed by atoms with Crippen molar-refractivity contribution >= 4 is 21.8 Å². The van der Waals surface area contributed by atoms with Gasteiger partial charge in [-0.3, -0.25) is 9.59 Å². The number of aryl methyl sites for hydroxylation is 2. The van der Waals surface area contributed by atoms with Gasteiger partial charge in [0.25, 0.3) is 11.1 Å². The normalized spacial score (nSPS) is 16.5. The van der Waals surface area contributed by atoms with E-state index in [0.29, 0.717) is 34.9 Å². The van der Waals surface area contributed by atoms with Crippen LogP contribution >= 0.6 is 0 Å². The van der Waals surface area contributed by atoms with E-state index in [-0.39, 0.29) is 17.2 Å². The summed E-state index contributed by atoms with van der Waals surface area (Å²) in [5, 5.41) is 0.950. The molecular formula is C24H23N3O3. The van der Waals surface area contributed by atoms with E-state index in [1.165, 1.54) is 5.56 Å². The minimum Gasteiger partial charge on any atom is -0.376 e. The molecule has 1 fully saturated rings. The summed E-state index contributed by atoms with van der Waals surface area (Å²) >= 11 is 0. The molecule has 3 aromatic heterocycles. The van der Waals surface area contributed by atoms with Gasteiger partial charge in [-0.15, -0.1) is 0 Å². The van der Waals surface area contributed by atoms with E-state index in [9.17, 15) is 9.59 Å². The zero-order valence-electron chi connectivity index (χ0n) is 16.7. The molecule has 1 aliphatic heterocycles. The average Bonchev–Trinajstić information content (AvgIpc) is 3.29. The van der Waals surface area contributed by atoms with Crippen LogP contribution in [0.3, 0.4) is 0 Å². The highest BCUT2D eigenvalue weighted by molar-refractivity contribution is 5.91. The second-order valence-corrected chi connectivity index (χ2v) is 7.81. The number of hydrogen-bond acceptors (Lipinski definition) is 4. The van der Waals surface area contributed by atoms with Gasteiger partial charge in [0.2, 0.25) is 0 Å². The van der Waals surface area contributed by atoms with Gasteiger partial charge in [-0.2, -0.15) is 0 Å². The van der Waals surface area contributed by atoms with Gasteiger partial charge in [0, 0.05) is 25.5 Å². The van der Waals surface area contributed by atoms with Gasteiger partial charge in [0.1, 0.15) is 0 Å². The molecule has 5 rings (SSSR count). The molecule has 6 nitrogen and oxygen atoms in total. The van der Waals surface area contributed by atoms with Crippen molar-refractivity contribution in [2.75, 3.05) is 6.61 Å². The van der Waals surface area contributed by atoms with Gasteiger partial charge in [-0.1, -0.05) is 30.3 Å². The topological polar surface area (TPSA) is 66.1 Å². The monoisotopic (exact) mass is 401 g/mol. The van der Waals surface area contributed by atoms with E-state index in [1.54, 1.807) is 27.6 Å². The van der Waals surface area contributed by atoms with Crippen LogP contribution in [0, 0.1) is 0 Å². The molecule has 30 heavy (non-hydrogen) atoms. The Hall–Kier alpha value is -3.25. The fourth-order valence-electron chi connectivity index (χ4n) is 4.13. The van der Waals surface area contributed by atoms with Crippen molar-refractivity contribution in [3.05, 3.63) is 87.2 Å². The number of ether oxygens (including phenoxy) is 1. The van der Waals surface area contributed by atoms with Crippen LogP contribution in [0.15, 0.2) is 70.5 Å². The molecule has 1 aromatic carbocycles. The van der Waals surface area contributed by atoms with Gasteiger partial charge in [-0.25, -0.2) is 4.98 Å². The van der Waals surface area contributed by atoms with Gasteiger partial charge in [0.15, 0.2) is 0 Å². The molecule has 0 amide bonds. The molecule has 1 saturated heterocycles. The predicted octanol–water partition coefficient (Wildman–Crippen LogP) is 3.13. The Bertz CT molecular complexity index is 1320. The molecule has 0 bridgehead atoms. The molecule has 0 aliphatic carbocycles. The number of nitrogens with zero attached hydrogens (tertiary/aromatic N) is 3. The lowest BCUT2D eigenvalue weighted by atomic mass is 10.1. The highest BCUT2D eigenvalue weighted by Crippen LogP contribution is 2.17. The Morgan fingerprint density at radius 1 is 0.933 bits per heavy atom. The number of pyridine rings is 3. The smallest absolute Gasteiger partial charge is 0.260 e. The molecule has 0 N–H and O–H groups in total. The first-order chi connectivity index (χ1) is 14.7. The second-order valence-electron chi connectivity index (χ2n) is 7.81. The maximum Gasteiger partial charge on any atom is 0.260 e. The van der Waals surface area contributed by atoms with Crippen LogP contribution in [-0.4, -0.2) is 26.8 Å². The Balaban J connectivity index is 1.52. The summed E-state index contributed by atoms with van der Waals surface area (Å²) in [5.41, 5.74) is 2.15. The number of benzene rings is 1. The minimum absolute atomic E-state index is 0.0729. The molecule has 0 unspecified atom stereocenters. The van der Waals surface area contributed by atoms with E-state index in [4.69, 9.17) is 4.74 Å². The maximum atomic E-state index is 13.1. The molecule has 6 heteroatoms. The second kappa shape index (κ2) is 7.88. The molecule has 1 atom stereocenters. The van der Waals surface area contributed by atoms with Crippen molar-refractivity contribution in [1.82, 2.24) is 14.1 Å². The molecule has 1 aliphatic rings. The van der Waals surface area contributed by atoms with E-state index in [0.717, 1.165) is 25.9 Å². The van der Waals surface area contributed by atoms with E-state index in [2.05, 4.69) is 17.1 Å². The molecule has 0 saturated carbocycles. The lowest BCUT2D eigenvalue weighted by Crippen LogP contribution is -2.26. The Morgan fingerprint density at radius 3 is 2.33 bits per heavy atom. The van der Waals surface area contributed by atoms with Crippen molar-refractivity contribution in [3.63, 3.8) is 0 Å². The highest BCUT2D eigenvalue weighted by Gasteiger charge is 2.17. The van der Waals surface area contributed by atoms with E-state index < -0.39 is 0 Å². The standard InChI is InChI=1S/C24H23N3O3/c28-23-19-15-20-22(10-13-27(24(20)29)16-18-7-4-14-30-18)25-21(19)9-12-26(23)11-8-17-5-2-1-3-6-17/h1-3,5-6,9-10,12-13,15,18H,4,7-8,11,14,16H2/t18-/m0/s1. The number of rotatable bonds is 5. The average molecular weight is 401 g/mol. The summed E-state index contributed by atoms with van der Waals surface area (Å²) < 4.78 is 9.02. The molecule has 152 valence electrons. The molecule has 4 aromatic rings. The van der Waals surface area contributed by atoms with Crippen LogP contribution in [0.25, 0.3) is 21.8 Å². The summed E-state index contributed by atoms with van der Waals surface area (Å²) in [6, 6.07) is 15.5. The lowest BCUT2D eigenvalue weighted by Gasteiger charge is -2.13. The molecule has 0 spiro atoms. The number of aromatic nitrogens is 3. The third-order valence-electron chi connectivity index (χ3n) is 5.80. The highest BCUT2D eigenvalue weighted by atomic mass is 16.5. The molecule has 0 radical (unpaired) electrons. The third kappa shape index (κ3) is 3.55. The van der Waals surface area contributed by atoms with Crippen LogP contribution < -0.4 is 11.1 Å². The SMILES string of the molecule is O=c1c2cc3c(=O)n(C[C@@H]4CCCO4)ccc3nc2ccn1CCc1ccccc1. The van der Waals surface area contributed by atoms with E-state index in [1.807, 2.05) is 30.3 Å². The van der Waals surface area contributed by atoms with Gasteiger partial charge < -0.3 is 13.9 Å². The summed E-state index contributed by atoms with van der Waals surface area (Å²) in [5.74, 6) is 0. The lowest BCUT2D eigenvalue weighted by molar-refractivity contribution is 0.0963. The van der Waals surface area contributed by atoms with Crippen molar-refractivity contribution in [1.29, 1.82) is 0 Å². The first-order valence-electron chi connectivity index (χ1n) is 10.4. The number of fused-ring (bicyclic) bond motifs is 2. The Labute approximate surface area is 173 Å². The van der Waals surface area contributed by atoms with Crippen molar-refractivity contribution < 1.29 is 4.74 Å². The summed E-state index contributed by atoms with van der Waals surface area (Å²) in [6.45, 7) is 1.86. The summed E-state index contributed by atoms with van der Waals surface area (Å²) in [4.78, 5) is 30.7. The third-order valence-corrected chi connectivity index (χ3v) is 5.80. The quantitative estimate of drug-likeness (QED) is 0.482. The van der Waals surface area contributed by atoms with E-state index >= 15 is 0 Å². The Morgan fingerprint density at radius 2 is 1.63 bits per heavy atom. The number of hydrogen-bond donors (Lipinski definition) is 0. The Kier molecular flexibility index (Phi) is 4.93. The van der Waals surface area contributed by atoms with Crippen LogP contribution in [0.5, 0.6) is 0 Å². The zero-order valence-corrected chi connectivity index (χ0v) is 16.7. The van der Waals surface area contributed by atoms with Crippen molar-refractivity contribution in [2.24, 2.45) is 0 Å². The maximum absolute atomic E-state index is 13.1. The fourth-order valence-corrected chi connectivity index (χ4v) is 4.13. The largest absolute Gasteiger partial charge is 0.376 e. The van der Waals surface area contributed by atoms with Crippen molar-refractivity contribution in [3.8, 4) is 0 Å². The zero-order chi connectivity index (χ0) is 20.5. The minimum atomic E-state index is -0.128. The first kappa shape index (κ1) is 18.8. The fraction of sp³-hybridized carbons (Fsp3) is 0.292. The van der Waals surface area contributed by atoms with Gasteiger partial charge in [-0.05, 0) is 43.0 Å². The predicted molar refractivity (Wildman–Crippen MR) is 117 cm³/mol. The van der Waals surface area contributed by atoms with Gasteiger partial charge >= 0.3 is 0 Å². The van der Waals surface area contributed by atoms with Gasteiger partial charge in [0.05, 0.1) is 34.5 Å². The molecule has 4 heterocycles.